The fourth-order valence-electron chi connectivity index (χ4n) is 4.93. The second-order valence-corrected chi connectivity index (χ2v) is 9.02. The number of anilines is 2. The van der Waals surface area contributed by atoms with Crippen molar-refractivity contribution in [2.45, 2.75) is 38.6 Å². The van der Waals surface area contributed by atoms with E-state index in [0.29, 0.717) is 35.9 Å². The van der Waals surface area contributed by atoms with E-state index in [1.54, 1.807) is 18.3 Å². The Balaban J connectivity index is 0.00000151. The van der Waals surface area contributed by atoms with Crippen LogP contribution in [0.1, 0.15) is 37.0 Å². The molecule has 4 heterocycles. The monoisotopic (exact) mass is 525 g/mol. The molecule has 10 nitrogen and oxygen atoms in total. The molecular weight excluding hydrogens is 494 g/mol. The van der Waals surface area contributed by atoms with Crippen LogP contribution in [-0.4, -0.2) is 60.0 Å². The number of rotatable bonds is 4. The van der Waals surface area contributed by atoms with Crippen molar-refractivity contribution in [3.8, 4) is 0 Å². The number of para-hydroxylation sites is 1. The summed E-state index contributed by atoms with van der Waals surface area (Å²) in [6.07, 6.45) is 1.60. The zero-order chi connectivity index (χ0) is 27.4. The number of aromatic nitrogens is 1. The van der Waals surface area contributed by atoms with E-state index in [-0.39, 0.29) is 24.1 Å². The fraction of sp³-hybridized carbons (Fsp3) is 0.276. The maximum Gasteiger partial charge on any atom is 0.291 e. The minimum atomic E-state index is -1.20. The molecule has 2 fully saturated rings. The summed E-state index contributed by atoms with van der Waals surface area (Å²) >= 11 is 0. The number of benzodiazepines with no additional fused rings is 1. The molecule has 2 saturated heterocycles. The van der Waals surface area contributed by atoms with Gasteiger partial charge in [0.1, 0.15) is 5.82 Å². The van der Waals surface area contributed by atoms with Crippen LogP contribution in [0, 0.1) is 5.41 Å². The van der Waals surface area contributed by atoms with Gasteiger partial charge in [0, 0.05) is 23.9 Å². The third-order valence-electron chi connectivity index (χ3n) is 6.63. The summed E-state index contributed by atoms with van der Waals surface area (Å²) in [5.41, 5.74) is 9.42. The highest BCUT2D eigenvalue weighted by molar-refractivity contribution is 6.19. The van der Waals surface area contributed by atoms with E-state index in [1.807, 2.05) is 68.4 Å². The summed E-state index contributed by atoms with van der Waals surface area (Å²) in [6.45, 7) is 5.35. The predicted octanol–water partition coefficient (Wildman–Crippen LogP) is 3.56. The van der Waals surface area contributed by atoms with Gasteiger partial charge in [-0.1, -0.05) is 62.4 Å². The van der Waals surface area contributed by atoms with Crippen molar-refractivity contribution in [2.75, 3.05) is 23.4 Å². The van der Waals surface area contributed by atoms with Crippen molar-refractivity contribution in [3.05, 3.63) is 89.6 Å². The SMILES string of the molecule is CC.N=C(O/C(N)=N/C1N=C(c2ccccc2)c2ccccc2NC1=O)c1cccnc1N1CC2CC1CO2. The Morgan fingerprint density at radius 2 is 1.90 bits per heavy atom. The maximum absolute atomic E-state index is 13.0. The quantitative estimate of drug-likeness (QED) is 0.352. The number of carbonyl (C=O) groups is 1. The summed E-state index contributed by atoms with van der Waals surface area (Å²) < 4.78 is 11.3. The summed E-state index contributed by atoms with van der Waals surface area (Å²) in [5, 5.41) is 11.4. The molecule has 3 unspecified atom stereocenters. The number of amides is 1. The average molecular weight is 526 g/mol. The molecule has 0 spiro atoms. The van der Waals surface area contributed by atoms with Crippen molar-refractivity contribution in [1.29, 1.82) is 5.41 Å². The topological polar surface area (TPSA) is 138 Å². The molecule has 2 aromatic carbocycles. The van der Waals surface area contributed by atoms with Crippen molar-refractivity contribution in [2.24, 2.45) is 15.7 Å². The molecule has 3 aromatic rings. The number of fused-ring (bicyclic) bond motifs is 3. The second-order valence-electron chi connectivity index (χ2n) is 9.02. The highest BCUT2D eigenvalue weighted by Crippen LogP contribution is 2.33. The molecule has 1 amide bonds. The van der Waals surface area contributed by atoms with Crippen LogP contribution < -0.4 is 16.0 Å². The molecular formula is C29H31N7O3. The molecule has 0 radical (unpaired) electrons. The average Bonchev–Trinajstić information content (AvgIpc) is 3.58. The number of amidine groups is 1. The van der Waals surface area contributed by atoms with Crippen molar-refractivity contribution in [3.63, 3.8) is 0 Å². The van der Waals surface area contributed by atoms with E-state index in [2.05, 4.69) is 25.2 Å². The molecule has 4 N–H and O–H groups in total. The standard InChI is InChI=1S/C27H25N7O3.C2H6/c28-23(20-10-6-12-30-25(20)34-14-18-13-17(34)15-36-18)37-27(29)33-24-26(35)31-21-11-5-4-9-19(21)22(32-24)16-7-2-1-3-8-16;1-2/h1-12,17-18,24,28H,13-15H2,(H2,29,33)(H,31,35);1-2H3. The third-order valence-corrected chi connectivity index (χ3v) is 6.63. The Bertz CT molecular complexity index is 1420. The number of pyridine rings is 1. The Morgan fingerprint density at radius 3 is 2.64 bits per heavy atom. The lowest BCUT2D eigenvalue weighted by atomic mass is 10.0. The van der Waals surface area contributed by atoms with Gasteiger partial charge in [-0.2, -0.15) is 4.99 Å². The molecule has 0 saturated carbocycles. The van der Waals surface area contributed by atoms with E-state index in [1.165, 1.54) is 0 Å². The molecule has 2 bridgehead atoms. The number of hydrogen-bond acceptors (Lipinski definition) is 8. The van der Waals surface area contributed by atoms with Gasteiger partial charge in [0.2, 0.25) is 12.1 Å². The summed E-state index contributed by atoms with van der Waals surface area (Å²) in [5.74, 6) is -0.0209. The van der Waals surface area contributed by atoms with Crippen LogP contribution in [0.5, 0.6) is 0 Å². The molecule has 6 rings (SSSR count). The molecule has 10 heteroatoms. The summed E-state index contributed by atoms with van der Waals surface area (Å²) in [7, 11) is 0. The van der Waals surface area contributed by atoms with Gasteiger partial charge in [-0.3, -0.25) is 10.2 Å². The van der Waals surface area contributed by atoms with Crippen molar-refractivity contribution >= 4 is 35.0 Å². The van der Waals surface area contributed by atoms with Crippen LogP contribution in [0.25, 0.3) is 0 Å². The Labute approximate surface area is 227 Å². The van der Waals surface area contributed by atoms with Gasteiger partial charge in [-0.15, -0.1) is 0 Å². The molecule has 39 heavy (non-hydrogen) atoms. The summed E-state index contributed by atoms with van der Waals surface area (Å²) in [6, 6.07) is 20.4. The van der Waals surface area contributed by atoms with Gasteiger partial charge >= 0.3 is 0 Å². The number of morpholine rings is 1. The number of ether oxygens (including phenoxy) is 2. The van der Waals surface area contributed by atoms with Gasteiger partial charge in [-0.25, -0.2) is 9.98 Å². The van der Waals surface area contributed by atoms with Crippen LogP contribution in [0.2, 0.25) is 0 Å². The Morgan fingerprint density at radius 1 is 1.13 bits per heavy atom. The third kappa shape index (κ3) is 5.37. The zero-order valence-corrected chi connectivity index (χ0v) is 21.9. The fourth-order valence-corrected chi connectivity index (χ4v) is 4.93. The van der Waals surface area contributed by atoms with E-state index in [4.69, 9.17) is 20.6 Å². The van der Waals surface area contributed by atoms with E-state index in [9.17, 15) is 4.79 Å². The normalized spacial score (nSPS) is 21.6. The van der Waals surface area contributed by atoms with Crippen LogP contribution in [0.3, 0.4) is 0 Å². The molecule has 200 valence electrons. The Kier molecular flexibility index (Phi) is 7.64. The van der Waals surface area contributed by atoms with Crippen LogP contribution in [-0.2, 0) is 14.3 Å². The predicted molar refractivity (Wildman–Crippen MR) is 152 cm³/mol. The molecule has 0 aliphatic carbocycles. The minimum absolute atomic E-state index is 0.177. The van der Waals surface area contributed by atoms with Crippen LogP contribution >= 0.6 is 0 Å². The van der Waals surface area contributed by atoms with Gasteiger partial charge in [-0.05, 0) is 24.6 Å². The first-order valence-electron chi connectivity index (χ1n) is 13.0. The number of hydrogen-bond donors (Lipinski definition) is 3. The molecule has 3 atom stereocenters. The van der Waals surface area contributed by atoms with Gasteiger partial charge < -0.3 is 25.4 Å². The highest BCUT2D eigenvalue weighted by atomic mass is 16.5. The first kappa shape index (κ1) is 26.1. The number of aliphatic imine (C=N–C) groups is 2. The van der Waals surface area contributed by atoms with Crippen LogP contribution in [0.4, 0.5) is 11.5 Å². The first-order chi connectivity index (χ1) is 19.1. The van der Waals surface area contributed by atoms with Crippen LogP contribution in [0.15, 0.2) is 82.9 Å². The van der Waals surface area contributed by atoms with Gasteiger partial charge in [0.05, 0.1) is 35.7 Å². The van der Waals surface area contributed by atoms with E-state index < -0.39 is 12.1 Å². The smallest absolute Gasteiger partial charge is 0.291 e. The lowest BCUT2D eigenvalue weighted by molar-refractivity contribution is -0.117. The second kappa shape index (κ2) is 11.4. The largest absolute Gasteiger partial charge is 0.407 e. The van der Waals surface area contributed by atoms with E-state index >= 15 is 0 Å². The first-order valence-corrected chi connectivity index (χ1v) is 13.0. The number of nitrogens with two attached hydrogens (primary N) is 1. The lowest BCUT2D eigenvalue weighted by Crippen LogP contribution is -2.38. The maximum atomic E-state index is 13.0. The number of carbonyl (C=O) groups excluding carboxylic acids is 1. The van der Waals surface area contributed by atoms with Crippen molar-refractivity contribution < 1.29 is 14.3 Å². The minimum Gasteiger partial charge on any atom is -0.407 e. The summed E-state index contributed by atoms with van der Waals surface area (Å²) in [4.78, 5) is 28.6. The lowest BCUT2D eigenvalue weighted by Gasteiger charge is -2.29. The molecule has 3 aliphatic heterocycles. The van der Waals surface area contributed by atoms with Gasteiger partial charge in [0.25, 0.3) is 11.9 Å². The number of benzene rings is 2. The van der Waals surface area contributed by atoms with E-state index in [0.717, 1.165) is 17.5 Å². The zero-order valence-electron chi connectivity index (χ0n) is 21.9. The highest BCUT2D eigenvalue weighted by Gasteiger charge is 2.40. The Hall–Kier alpha value is -4.57. The van der Waals surface area contributed by atoms with Gasteiger partial charge in [0.15, 0.2) is 0 Å². The van der Waals surface area contributed by atoms with Crippen molar-refractivity contribution in [1.82, 2.24) is 4.98 Å². The molecule has 3 aliphatic rings. The molecule has 1 aromatic heterocycles. The number of nitrogens with zero attached hydrogens (tertiary/aromatic N) is 4. The number of nitrogens with one attached hydrogen (secondary N) is 2.